The highest BCUT2D eigenvalue weighted by Gasteiger charge is 2.04. The van der Waals surface area contributed by atoms with E-state index in [-0.39, 0.29) is 5.56 Å². The van der Waals surface area contributed by atoms with Gasteiger partial charge in [-0.2, -0.15) is 0 Å². The molecule has 0 bridgehead atoms. The smallest absolute Gasteiger partial charge is 0.261 e. The van der Waals surface area contributed by atoms with Gasteiger partial charge in [-0.05, 0) is 36.6 Å². The molecule has 0 aliphatic carbocycles. The van der Waals surface area contributed by atoms with Crippen LogP contribution in [0.5, 0.6) is 0 Å². The molecule has 0 radical (unpaired) electrons. The molecule has 3 aromatic rings. The Morgan fingerprint density at radius 1 is 1.10 bits per heavy atom. The van der Waals surface area contributed by atoms with Gasteiger partial charge in [-0.3, -0.25) is 9.36 Å². The van der Waals surface area contributed by atoms with Crippen LogP contribution >= 0.6 is 11.6 Å². The van der Waals surface area contributed by atoms with E-state index in [9.17, 15) is 4.79 Å². The average Bonchev–Trinajstić information content (AvgIpc) is 2.51. The van der Waals surface area contributed by atoms with E-state index in [0.717, 1.165) is 12.8 Å². The fourth-order valence-electron chi connectivity index (χ4n) is 2.39. The number of halogens is 1. The largest absolute Gasteiger partial charge is 0.299 e. The van der Waals surface area contributed by atoms with Gasteiger partial charge in [0, 0.05) is 11.6 Å². The highest BCUT2D eigenvalue weighted by molar-refractivity contribution is 6.31. The predicted molar refractivity (Wildman–Crippen MR) is 85.8 cm³/mol. The van der Waals surface area contributed by atoms with Crippen molar-refractivity contribution in [2.45, 2.75) is 19.4 Å². The van der Waals surface area contributed by atoms with Crippen molar-refractivity contribution in [3.05, 3.63) is 75.8 Å². The Kier molecular flexibility index (Phi) is 4.02. The van der Waals surface area contributed by atoms with Crippen LogP contribution in [-0.4, -0.2) is 9.55 Å². The quantitative estimate of drug-likeness (QED) is 0.736. The number of rotatable bonds is 4. The lowest BCUT2D eigenvalue weighted by Gasteiger charge is -2.07. The van der Waals surface area contributed by atoms with E-state index in [1.165, 1.54) is 5.56 Å². The van der Waals surface area contributed by atoms with Gasteiger partial charge < -0.3 is 0 Å². The molecule has 0 fully saturated rings. The molecule has 0 N–H and O–H groups in total. The van der Waals surface area contributed by atoms with Crippen LogP contribution in [0.2, 0.25) is 5.02 Å². The van der Waals surface area contributed by atoms with Gasteiger partial charge in [0.15, 0.2) is 0 Å². The van der Waals surface area contributed by atoms with Gasteiger partial charge in [0.2, 0.25) is 0 Å². The molecule has 0 unspecified atom stereocenters. The Bertz CT molecular complexity index is 812. The number of fused-ring (bicyclic) bond motifs is 1. The Morgan fingerprint density at radius 3 is 2.71 bits per heavy atom. The van der Waals surface area contributed by atoms with E-state index < -0.39 is 0 Å². The van der Waals surface area contributed by atoms with Crippen molar-refractivity contribution in [2.24, 2.45) is 0 Å². The molecule has 3 nitrogen and oxygen atoms in total. The fourth-order valence-corrected chi connectivity index (χ4v) is 2.56. The first-order valence-electron chi connectivity index (χ1n) is 6.93. The highest BCUT2D eigenvalue weighted by Crippen LogP contribution is 2.14. The van der Waals surface area contributed by atoms with Gasteiger partial charge in [-0.25, -0.2) is 4.98 Å². The van der Waals surface area contributed by atoms with E-state index in [4.69, 9.17) is 11.6 Å². The van der Waals surface area contributed by atoms with Gasteiger partial charge in [-0.15, -0.1) is 0 Å². The van der Waals surface area contributed by atoms with E-state index in [1.54, 1.807) is 29.1 Å². The molecule has 1 heterocycles. The lowest BCUT2D eigenvalue weighted by molar-refractivity contribution is 0.617. The maximum atomic E-state index is 12.4. The number of aryl methyl sites for hydroxylation is 2. The van der Waals surface area contributed by atoms with Crippen LogP contribution in [0.4, 0.5) is 0 Å². The zero-order valence-electron chi connectivity index (χ0n) is 11.5. The molecule has 0 spiro atoms. The summed E-state index contributed by atoms with van der Waals surface area (Å²) in [6.07, 6.45) is 3.46. The third-order valence-corrected chi connectivity index (χ3v) is 3.73. The minimum atomic E-state index is -0.0319. The lowest BCUT2D eigenvalue weighted by Crippen LogP contribution is -2.20. The predicted octanol–water partition coefficient (Wildman–Crippen LogP) is 3.68. The van der Waals surface area contributed by atoms with Crippen LogP contribution in [0.3, 0.4) is 0 Å². The molecule has 21 heavy (non-hydrogen) atoms. The van der Waals surface area contributed by atoms with Crippen molar-refractivity contribution in [1.82, 2.24) is 9.55 Å². The molecule has 0 amide bonds. The zero-order valence-corrected chi connectivity index (χ0v) is 12.3. The third kappa shape index (κ3) is 3.14. The molecule has 0 saturated carbocycles. The van der Waals surface area contributed by atoms with Gasteiger partial charge in [0.05, 0.1) is 17.2 Å². The minimum absolute atomic E-state index is 0.0319. The first-order chi connectivity index (χ1) is 10.2. The summed E-state index contributed by atoms with van der Waals surface area (Å²) in [5, 5.41) is 1.13. The van der Waals surface area contributed by atoms with E-state index in [1.807, 2.05) is 18.2 Å². The first-order valence-corrected chi connectivity index (χ1v) is 7.30. The summed E-state index contributed by atoms with van der Waals surface area (Å²) in [4.78, 5) is 16.7. The topological polar surface area (TPSA) is 34.9 Å². The molecule has 1 aromatic heterocycles. The van der Waals surface area contributed by atoms with E-state index >= 15 is 0 Å². The van der Waals surface area contributed by atoms with Crippen LogP contribution in [0, 0.1) is 0 Å². The highest BCUT2D eigenvalue weighted by atomic mass is 35.5. The molecule has 0 saturated heterocycles. The molecule has 0 aliphatic heterocycles. The van der Waals surface area contributed by atoms with Crippen molar-refractivity contribution in [2.75, 3.05) is 0 Å². The van der Waals surface area contributed by atoms with Gasteiger partial charge in [0.1, 0.15) is 0 Å². The molecule has 0 atom stereocenters. The number of aromatic nitrogens is 2. The maximum Gasteiger partial charge on any atom is 0.261 e. The van der Waals surface area contributed by atoms with Crippen molar-refractivity contribution in [3.8, 4) is 0 Å². The van der Waals surface area contributed by atoms with Crippen molar-refractivity contribution in [3.63, 3.8) is 0 Å². The summed E-state index contributed by atoms with van der Waals surface area (Å²) in [6, 6.07) is 15.5. The Morgan fingerprint density at radius 2 is 1.90 bits per heavy atom. The summed E-state index contributed by atoms with van der Waals surface area (Å²) in [6.45, 7) is 0.656. The van der Waals surface area contributed by atoms with Gasteiger partial charge in [0.25, 0.3) is 5.56 Å². The number of benzene rings is 2. The van der Waals surface area contributed by atoms with Crippen LogP contribution < -0.4 is 5.56 Å². The van der Waals surface area contributed by atoms with Crippen LogP contribution in [0.1, 0.15) is 12.0 Å². The summed E-state index contributed by atoms with van der Waals surface area (Å²) in [5.41, 5.74) is 1.93. The Hall–Kier alpha value is -2.13. The second-order valence-electron chi connectivity index (χ2n) is 4.99. The summed E-state index contributed by atoms with van der Waals surface area (Å²) in [7, 11) is 0. The molecule has 4 heteroatoms. The van der Waals surface area contributed by atoms with Crippen LogP contribution in [-0.2, 0) is 13.0 Å². The first kappa shape index (κ1) is 13.8. The Labute approximate surface area is 127 Å². The average molecular weight is 299 g/mol. The monoisotopic (exact) mass is 298 g/mol. The Balaban J connectivity index is 1.78. The molecule has 106 valence electrons. The SMILES string of the molecule is O=c1c2cc(Cl)ccc2ncn1CCCc1ccccc1. The molecular weight excluding hydrogens is 284 g/mol. The van der Waals surface area contributed by atoms with E-state index in [2.05, 4.69) is 17.1 Å². The lowest BCUT2D eigenvalue weighted by atomic mass is 10.1. The number of hydrogen-bond acceptors (Lipinski definition) is 2. The maximum absolute atomic E-state index is 12.4. The second kappa shape index (κ2) is 6.10. The summed E-state index contributed by atoms with van der Waals surface area (Å²) in [5.74, 6) is 0. The number of hydrogen-bond donors (Lipinski definition) is 0. The third-order valence-electron chi connectivity index (χ3n) is 3.49. The fraction of sp³-hybridized carbons (Fsp3) is 0.176. The molecular formula is C17H15ClN2O. The standard InChI is InChI=1S/C17H15ClN2O/c18-14-8-9-16-15(11-14)17(21)20(12-19-16)10-4-7-13-5-2-1-3-6-13/h1-3,5-6,8-9,11-12H,4,7,10H2. The van der Waals surface area contributed by atoms with Crippen molar-refractivity contribution >= 4 is 22.5 Å². The summed E-state index contributed by atoms with van der Waals surface area (Å²) >= 11 is 5.95. The van der Waals surface area contributed by atoms with E-state index in [0.29, 0.717) is 22.5 Å². The normalized spacial score (nSPS) is 10.9. The molecule has 0 aliphatic rings. The van der Waals surface area contributed by atoms with Crippen LogP contribution in [0.15, 0.2) is 59.7 Å². The molecule has 2 aromatic carbocycles. The van der Waals surface area contributed by atoms with Crippen molar-refractivity contribution < 1.29 is 0 Å². The minimum Gasteiger partial charge on any atom is -0.299 e. The van der Waals surface area contributed by atoms with Gasteiger partial charge in [-0.1, -0.05) is 41.9 Å². The second-order valence-corrected chi connectivity index (χ2v) is 5.43. The molecule has 3 rings (SSSR count). The number of nitrogens with zero attached hydrogens (tertiary/aromatic N) is 2. The van der Waals surface area contributed by atoms with Crippen molar-refractivity contribution in [1.29, 1.82) is 0 Å². The van der Waals surface area contributed by atoms with Gasteiger partial charge >= 0.3 is 0 Å². The zero-order chi connectivity index (χ0) is 14.7. The van der Waals surface area contributed by atoms with Crippen LogP contribution in [0.25, 0.3) is 10.9 Å². The summed E-state index contributed by atoms with van der Waals surface area (Å²) < 4.78 is 1.65.